The van der Waals surface area contributed by atoms with Crippen LogP contribution in [0.25, 0.3) is 0 Å². The molecule has 2 aromatic rings. The predicted molar refractivity (Wildman–Crippen MR) is 65.0 cm³/mol. The van der Waals surface area contributed by atoms with Crippen LogP contribution in [0.1, 0.15) is 10.4 Å². The summed E-state index contributed by atoms with van der Waals surface area (Å²) < 4.78 is 65.7. The van der Waals surface area contributed by atoms with Crippen LogP contribution in [-0.2, 0) is 0 Å². The first-order valence-electron chi connectivity index (χ1n) is 5.50. The minimum absolute atomic E-state index is 0.285. The van der Waals surface area contributed by atoms with Gasteiger partial charge in [0.25, 0.3) is 5.91 Å². The molecular weight excluding hydrogens is 295 g/mol. The molecule has 8 heteroatoms. The number of nitrogens with two attached hydrogens (primary N) is 1. The van der Waals surface area contributed by atoms with E-state index in [0.717, 1.165) is 0 Å². The molecule has 0 bridgehead atoms. The Morgan fingerprint density at radius 3 is 2.05 bits per heavy atom. The van der Waals surface area contributed by atoms with Crippen molar-refractivity contribution in [2.24, 2.45) is 0 Å². The standard InChI is InChI=1S/C13H7F5N2O/c14-6-3-7(15)11(18)10(4-6)20-13(21)5-1-8(16)12(19)9(17)2-5/h1-4H,19H2,(H,20,21). The van der Waals surface area contributed by atoms with E-state index >= 15 is 0 Å². The van der Waals surface area contributed by atoms with Crippen LogP contribution in [0.5, 0.6) is 0 Å². The average Bonchev–Trinajstić information content (AvgIpc) is 2.40. The van der Waals surface area contributed by atoms with Gasteiger partial charge in [0, 0.05) is 17.7 Å². The number of benzene rings is 2. The molecule has 0 radical (unpaired) electrons. The highest BCUT2D eigenvalue weighted by Gasteiger charge is 2.17. The fourth-order valence-electron chi connectivity index (χ4n) is 1.56. The lowest BCUT2D eigenvalue weighted by atomic mass is 10.1. The molecule has 0 unspecified atom stereocenters. The SMILES string of the molecule is Nc1c(F)cc(C(=O)Nc2cc(F)cc(F)c2F)cc1F. The van der Waals surface area contributed by atoms with E-state index in [9.17, 15) is 26.7 Å². The molecule has 0 atom stereocenters. The third kappa shape index (κ3) is 2.93. The normalized spacial score (nSPS) is 10.5. The third-order valence-electron chi connectivity index (χ3n) is 2.58. The van der Waals surface area contributed by atoms with Gasteiger partial charge in [0.1, 0.15) is 23.1 Å². The van der Waals surface area contributed by atoms with E-state index in [1.807, 2.05) is 5.32 Å². The largest absolute Gasteiger partial charge is 0.394 e. The maximum Gasteiger partial charge on any atom is 0.255 e. The van der Waals surface area contributed by atoms with Crippen molar-refractivity contribution < 1.29 is 26.7 Å². The molecule has 0 aliphatic rings. The Morgan fingerprint density at radius 1 is 0.905 bits per heavy atom. The Bertz CT molecular complexity index is 710. The molecule has 3 N–H and O–H groups in total. The summed E-state index contributed by atoms with van der Waals surface area (Å²) in [6.45, 7) is 0. The fourth-order valence-corrected chi connectivity index (χ4v) is 1.56. The number of halogens is 5. The van der Waals surface area contributed by atoms with Gasteiger partial charge in [0.15, 0.2) is 11.6 Å². The number of amides is 1. The van der Waals surface area contributed by atoms with Crippen molar-refractivity contribution in [2.75, 3.05) is 11.1 Å². The number of nitrogens with one attached hydrogen (secondary N) is 1. The number of nitrogen functional groups attached to an aromatic ring is 1. The quantitative estimate of drug-likeness (QED) is 0.508. The van der Waals surface area contributed by atoms with Crippen LogP contribution in [0.4, 0.5) is 33.3 Å². The minimum Gasteiger partial charge on any atom is -0.394 e. The van der Waals surface area contributed by atoms with E-state index in [2.05, 4.69) is 0 Å². The van der Waals surface area contributed by atoms with Crippen LogP contribution in [0.2, 0.25) is 0 Å². The highest BCUT2D eigenvalue weighted by molar-refractivity contribution is 6.04. The third-order valence-corrected chi connectivity index (χ3v) is 2.58. The van der Waals surface area contributed by atoms with E-state index in [4.69, 9.17) is 5.73 Å². The highest BCUT2D eigenvalue weighted by Crippen LogP contribution is 2.22. The first kappa shape index (κ1) is 14.8. The fraction of sp³-hybridized carbons (Fsp3) is 0. The molecule has 0 heterocycles. The zero-order valence-electron chi connectivity index (χ0n) is 10.2. The topological polar surface area (TPSA) is 55.1 Å². The Hall–Kier alpha value is -2.64. The second-order valence-electron chi connectivity index (χ2n) is 4.06. The first-order chi connectivity index (χ1) is 9.79. The van der Waals surface area contributed by atoms with Crippen molar-refractivity contribution in [3.05, 3.63) is 58.9 Å². The van der Waals surface area contributed by atoms with Crippen molar-refractivity contribution in [3.63, 3.8) is 0 Å². The zero-order chi connectivity index (χ0) is 15.7. The van der Waals surface area contributed by atoms with Gasteiger partial charge in [-0.2, -0.15) is 0 Å². The number of carbonyl (C=O) groups is 1. The maximum atomic E-state index is 13.4. The molecule has 0 aliphatic heterocycles. The van der Waals surface area contributed by atoms with Crippen LogP contribution in [0.3, 0.4) is 0 Å². The van der Waals surface area contributed by atoms with Crippen molar-refractivity contribution in [1.29, 1.82) is 0 Å². The van der Waals surface area contributed by atoms with E-state index in [0.29, 0.717) is 18.2 Å². The van der Waals surface area contributed by atoms with E-state index < -0.39 is 51.9 Å². The first-order valence-corrected chi connectivity index (χ1v) is 5.50. The summed E-state index contributed by atoms with van der Waals surface area (Å²) in [5.41, 5.74) is 2.92. The summed E-state index contributed by atoms with van der Waals surface area (Å²) in [6, 6.07) is 2.04. The van der Waals surface area contributed by atoms with Crippen molar-refractivity contribution in [1.82, 2.24) is 0 Å². The van der Waals surface area contributed by atoms with Crippen LogP contribution in [-0.4, -0.2) is 5.91 Å². The molecule has 2 rings (SSSR count). The van der Waals surface area contributed by atoms with Gasteiger partial charge in [-0.25, -0.2) is 22.0 Å². The zero-order valence-corrected chi connectivity index (χ0v) is 10.2. The Kier molecular flexibility index (Phi) is 3.79. The van der Waals surface area contributed by atoms with Gasteiger partial charge >= 0.3 is 0 Å². The molecule has 0 fully saturated rings. The maximum absolute atomic E-state index is 13.4. The van der Waals surface area contributed by atoms with Crippen molar-refractivity contribution >= 4 is 17.3 Å². The van der Waals surface area contributed by atoms with Gasteiger partial charge in [-0.15, -0.1) is 0 Å². The molecular formula is C13H7F5N2O. The summed E-state index contributed by atoms with van der Waals surface area (Å²) in [4.78, 5) is 11.7. The van der Waals surface area contributed by atoms with Crippen molar-refractivity contribution in [2.45, 2.75) is 0 Å². The number of rotatable bonds is 2. The summed E-state index contributed by atoms with van der Waals surface area (Å²) in [5.74, 6) is -7.67. The number of anilines is 2. The number of carbonyl (C=O) groups excluding carboxylic acids is 1. The molecule has 0 spiro atoms. The molecule has 0 aromatic heterocycles. The van der Waals surface area contributed by atoms with Gasteiger partial charge in [-0.1, -0.05) is 0 Å². The molecule has 21 heavy (non-hydrogen) atoms. The summed E-state index contributed by atoms with van der Waals surface area (Å²) in [6.07, 6.45) is 0. The molecule has 3 nitrogen and oxygen atoms in total. The molecule has 0 aliphatic carbocycles. The molecule has 2 aromatic carbocycles. The van der Waals surface area contributed by atoms with Crippen LogP contribution in [0.15, 0.2) is 24.3 Å². The lowest BCUT2D eigenvalue weighted by molar-refractivity contribution is 0.102. The summed E-state index contributed by atoms with van der Waals surface area (Å²) >= 11 is 0. The van der Waals surface area contributed by atoms with Gasteiger partial charge in [-0.05, 0) is 12.1 Å². The van der Waals surface area contributed by atoms with Crippen LogP contribution < -0.4 is 11.1 Å². The van der Waals surface area contributed by atoms with E-state index in [-0.39, 0.29) is 6.07 Å². The van der Waals surface area contributed by atoms with E-state index in [1.165, 1.54) is 0 Å². The van der Waals surface area contributed by atoms with Crippen LogP contribution >= 0.6 is 0 Å². The molecule has 1 amide bonds. The second kappa shape index (κ2) is 5.39. The van der Waals surface area contributed by atoms with Crippen molar-refractivity contribution in [3.8, 4) is 0 Å². The van der Waals surface area contributed by atoms with Gasteiger partial charge in [0.2, 0.25) is 0 Å². The summed E-state index contributed by atoms with van der Waals surface area (Å²) in [7, 11) is 0. The minimum atomic E-state index is -1.51. The number of hydrogen-bond acceptors (Lipinski definition) is 2. The van der Waals surface area contributed by atoms with Crippen LogP contribution in [0, 0.1) is 29.1 Å². The monoisotopic (exact) mass is 302 g/mol. The predicted octanol–water partition coefficient (Wildman–Crippen LogP) is 3.22. The lowest BCUT2D eigenvalue weighted by Gasteiger charge is -2.08. The molecule has 0 saturated heterocycles. The van der Waals surface area contributed by atoms with Gasteiger partial charge in [-0.3, -0.25) is 4.79 Å². The Labute approximate surface area is 115 Å². The Morgan fingerprint density at radius 2 is 1.48 bits per heavy atom. The smallest absolute Gasteiger partial charge is 0.255 e. The average molecular weight is 302 g/mol. The molecule has 0 saturated carbocycles. The summed E-state index contributed by atoms with van der Waals surface area (Å²) in [5, 5.41) is 1.81. The Balaban J connectivity index is 2.35. The second-order valence-corrected chi connectivity index (χ2v) is 4.06. The molecule has 110 valence electrons. The highest BCUT2D eigenvalue weighted by atomic mass is 19.2. The lowest BCUT2D eigenvalue weighted by Crippen LogP contribution is -2.15. The van der Waals surface area contributed by atoms with Gasteiger partial charge in [0.05, 0.1) is 5.69 Å². The van der Waals surface area contributed by atoms with Gasteiger partial charge < -0.3 is 11.1 Å². The number of hydrogen-bond donors (Lipinski definition) is 2. The van der Waals surface area contributed by atoms with E-state index in [1.54, 1.807) is 0 Å².